The molecule has 0 fully saturated rings. The van der Waals surface area contributed by atoms with Crippen LogP contribution in [-0.4, -0.2) is 34.8 Å². The summed E-state index contributed by atoms with van der Waals surface area (Å²) in [6.07, 6.45) is 1.20. The van der Waals surface area contributed by atoms with Crippen LogP contribution in [0.1, 0.15) is 29.4 Å². The number of amides is 1. The third kappa shape index (κ3) is 5.08. The predicted molar refractivity (Wildman–Crippen MR) is 110 cm³/mol. The molecule has 0 bridgehead atoms. The summed E-state index contributed by atoms with van der Waals surface area (Å²) >= 11 is 0. The van der Waals surface area contributed by atoms with Crippen molar-refractivity contribution in [3.63, 3.8) is 0 Å². The first-order chi connectivity index (χ1) is 14.5. The van der Waals surface area contributed by atoms with E-state index in [1.165, 1.54) is 16.8 Å². The SMILES string of the molecule is CCCn1nc(C(=O)OCC(=O)NCCc2ccc(F)cc2)c2ccccc2c1=O. The molecule has 7 nitrogen and oxygen atoms in total. The summed E-state index contributed by atoms with van der Waals surface area (Å²) in [5.41, 5.74) is 0.600. The lowest BCUT2D eigenvalue weighted by Gasteiger charge is -2.10. The summed E-state index contributed by atoms with van der Waals surface area (Å²) in [6, 6.07) is 12.7. The van der Waals surface area contributed by atoms with Gasteiger partial charge in [0.05, 0.1) is 5.39 Å². The van der Waals surface area contributed by atoms with E-state index >= 15 is 0 Å². The Morgan fingerprint density at radius 3 is 2.50 bits per heavy atom. The topological polar surface area (TPSA) is 90.3 Å². The molecule has 0 aliphatic carbocycles. The number of hydrogen-bond acceptors (Lipinski definition) is 5. The van der Waals surface area contributed by atoms with Gasteiger partial charge in [0, 0.05) is 18.5 Å². The van der Waals surface area contributed by atoms with Crippen molar-refractivity contribution < 1.29 is 18.7 Å². The molecular formula is C22H22FN3O4. The van der Waals surface area contributed by atoms with Crippen molar-refractivity contribution in [1.82, 2.24) is 15.1 Å². The Balaban J connectivity index is 1.62. The highest BCUT2D eigenvalue weighted by atomic mass is 19.1. The van der Waals surface area contributed by atoms with Crippen LogP contribution in [0.3, 0.4) is 0 Å². The maximum absolute atomic E-state index is 12.9. The van der Waals surface area contributed by atoms with Crippen molar-refractivity contribution in [2.24, 2.45) is 0 Å². The molecule has 0 aliphatic rings. The van der Waals surface area contributed by atoms with Gasteiger partial charge >= 0.3 is 5.97 Å². The number of benzene rings is 2. The van der Waals surface area contributed by atoms with Crippen LogP contribution >= 0.6 is 0 Å². The minimum atomic E-state index is -0.773. The van der Waals surface area contributed by atoms with E-state index in [0.29, 0.717) is 36.7 Å². The van der Waals surface area contributed by atoms with Crippen LogP contribution in [0.2, 0.25) is 0 Å². The van der Waals surface area contributed by atoms with Crippen LogP contribution in [0, 0.1) is 5.82 Å². The lowest BCUT2D eigenvalue weighted by Crippen LogP contribution is -2.31. The van der Waals surface area contributed by atoms with Crippen molar-refractivity contribution in [2.45, 2.75) is 26.3 Å². The number of aromatic nitrogens is 2. The Morgan fingerprint density at radius 2 is 1.80 bits per heavy atom. The lowest BCUT2D eigenvalue weighted by atomic mass is 10.1. The molecule has 1 amide bonds. The quantitative estimate of drug-likeness (QED) is 0.575. The smallest absolute Gasteiger partial charge is 0.359 e. The van der Waals surface area contributed by atoms with Crippen LogP contribution < -0.4 is 10.9 Å². The highest BCUT2D eigenvalue weighted by Crippen LogP contribution is 2.14. The Hall–Kier alpha value is -3.55. The van der Waals surface area contributed by atoms with Gasteiger partial charge in [0.15, 0.2) is 12.3 Å². The molecule has 0 saturated carbocycles. The molecule has 1 aromatic heterocycles. The average Bonchev–Trinajstić information content (AvgIpc) is 2.75. The molecule has 0 unspecified atom stereocenters. The monoisotopic (exact) mass is 411 g/mol. The maximum atomic E-state index is 12.9. The van der Waals surface area contributed by atoms with E-state index in [1.54, 1.807) is 36.4 Å². The molecule has 1 N–H and O–H groups in total. The number of aryl methyl sites for hydroxylation is 1. The van der Waals surface area contributed by atoms with Crippen molar-refractivity contribution >= 4 is 22.6 Å². The molecular weight excluding hydrogens is 389 g/mol. The predicted octanol–water partition coefficient (Wildman–Crippen LogP) is 2.46. The van der Waals surface area contributed by atoms with Gasteiger partial charge in [0.25, 0.3) is 11.5 Å². The molecule has 0 aliphatic heterocycles. The second-order valence-electron chi connectivity index (χ2n) is 6.73. The Labute approximate surface area is 172 Å². The van der Waals surface area contributed by atoms with E-state index in [2.05, 4.69) is 10.4 Å². The number of fused-ring (bicyclic) bond motifs is 1. The van der Waals surface area contributed by atoms with Gasteiger partial charge in [-0.25, -0.2) is 13.9 Å². The van der Waals surface area contributed by atoms with E-state index in [0.717, 1.165) is 5.56 Å². The number of carbonyl (C=O) groups is 2. The molecule has 8 heteroatoms. The third-order valence-corrected chi connectivity index (χ3v) is 4.48. The summed E-state index contributed by atoms with van der Waals surface area (Å²) in [6.45, 7) is 2.13. The lowest BCUT2D eigenvalue weighted by molar-refractivity contribution is -0.124. The number of rotatable bonds is 8. The van der Waals surface area contributed by atoms with E-state index in [4.69, 9.17) is 4.74 Å². The van der Waals surface area contributed by atoms with Crippen LogP contribution in [-0.2, 0) is 22.5 Å². The molecule has 30 heavy (non-hydrogen) atoms. The molecule has 3 rings (SSSR count). The summed E-state index contributed by atoms with van der Waals surface area (Å²) in [5, 5.41) is 7.55. The summed E-state index contributed by atoms with van der Waals surface area (Å²) < 4.78 is 19.2. The first-order valence-electron chi connectivity index (χ1n) is 9.67. The van der Waals surface area contributed by atoms with E-state index in [-0.39, 0.29) is 17.1 Å². The first-order valence-corrected chi connectivity index (χ1v) is 9.67. The van der Waals surface area contributed by atoms with Gasteiger partial charge in [-0.1, -0.05) is 37.3 Å². The third-order valence-electron chi connectivity index (χ3n) is 4.48. The molecule has 156 valence electrons. The summed E-state index contributed by atoms with van der Waals surface area (Å²) in [7, 11) is 0. The van der Waals surface area contributed by atoms with E-state index < -0.39 is 18.5 Å². The van der Waals surface area contributed by atoms with E-state index in [9.17, 15) is 18.8 Å². The summed E-state index contributed by atoms with van der Waals surface area (Å²) in [4.78, 5) is 37.0. The zero-order valence-electron chi connectivity index (χ0n) is 16.6. The van der Waals surface area contributed by atoms with Crippen LogP contribution in [0.15, 0.2) is 53.3 Å². The zero-order valence-corrected chi connectivity index (χ0v) is 16.6. The Bertz CT molecular complexity index is 1110. The van der Waals surface area contributed by atoms with Crippen LogP contribution in [0.4, 0.5) is 4.39 Å². The number of nitrogens with one attached hydrogen (secondary N) is 1. The van der Waals surface area contributed by atoms with E-state index in [1.807, 2.05) is 6.92 Å². The Morgan fingerprint density at radius 1 is 1.10 bits per heavy atom. The van der Waals surface area contributed by atoms with Crippen molar-refractivity contribution in [3.05, 3.63) is 76.0 Å². The average molecular weight is 411 g/mol. The van der Waals surface area contributed by atoms with Crippen molar-refractivity contribution in [2.75, 3.05) is 13.2 Å². The summed E-state index contributed by atoms with van der Waals surface area (Å²) in [5.74, 6) is -1.55. The minimum Gasteiger partial charge on any atom is -0.451 e. The van der Waals surface area contributed by atoms with Gasteiger partial charge in [-0.05, 0) is 36.6 Å². The molecule has 0 radical (unpaired) electrons. The highest BCUT2D eigenvalue weighted by Gasteiger charge is 2.18. The molecule has 0 spiro atoms. The minimum absolute atomic E-state index is 0.00207. The largest absolute Gasteiger partial charge is 0.451 e. The van der Waals surface area contributed by atoms with Gasteiger partial charge in [0.1, 0.15) is 5.82 Å². The van der Waals surface area contributed by atoms with Gasteiger partial charge in [-0.15, -0.1) is 0 Å². The second kappa shape index (κ2) is 9.78. The molecule has 2 aromatic carbocycles. The second-order valence-corrected chi connectivity index (χ2v) is 6.73. The standard InChI is InChI=1S/C22H22FN3O4/c1-2-13-26-21(28)18-6-4-3-5-17(18)20(25-26)22(29)30-14-19(27)24-12-11-15-7-9-16(23)10-8-15/h3-10H,2,11-14H2,1H3,(H,24,27). The zero-order chi connectivity index (χ0) is 21.5. The number of esters is 1. The normalized spacial score (nSPS) is 10.7. The first kappa shape index (κ1) is 21.2. The Kier molecular flexibility index (Phi) is 6.90. The fourth-order valence-electron chi connectivity index (χ4n) is 3.00. The number of nitrogens with zero attached hydrogens (tertiary/aromatic N) is 2. The van der Waals surface area contributed by atoms with Crippen LogP contribution in [0.5, 0.6) is 0 Å². The van der Waals surface area contributed by atoms with Crippen molar-refractivity contribution in [1.29, 1.82) is 0 Å². The maximum Gasteiger partial charge on any atom is 0.359 e. The van der Waals surface area contributed by atoms with Gasteiger partial charge in [0.2, 0.25) is 0 Å². The number of hydrogen-bond donors (Lipinski definition) is 1. The van der Waals surface area contributed by atoms with Crippen LogP contribution in [0.25, 0.3) is 10.8 Å². The molecule has 0 atom stereocenters. The molecule has 0 saturated heterocycles. The highest BCUT2D eigenvalue weighted by molar-refractivity contribution is 6.02. The van der Waals surface area contributed by atoms with Gasteiger partial charge in [-0.3, -0.25) is 9.59 Å². The van der Waals surface area contributed by atoms with Gasteiger partial charge < -0.3 is 10.1 Å². The number of halogens is 1. The fraction of sp³-hybridized carbons (Fsp3) is 0.273. The van der Waals surface area contributed by atoms with Crippen molar-refractivity contribution in [3.8, 4) is 0 Å². The molecule has 3 aromatic rings. The molecule has 1 heterocycles. The van der Waals surface area contributed by atoms with Gasteiger partial charge in [-0.2, -0.15) is 5.10 Å². The number of carbonyl (C=O) groups excluding carboxylic acids is 2. The number of ether oxygens (including phenoxy) is 1. The fourth-order valence-corrected chi connectivity index (χ4v) is 3.00.